The molecule has 3 N–H and O–H groups in total. The van der Waals surface area contributed by atoms with Crippen molar-refractivity contribution in [2.24, 2.45) is 0 Å². The molecule has 0 fully saturated rings. The third-order valence-electron chi connectivity index (χ3n) is 3.96. The minimum atomic E-state index is -4.74. The van der Waals surface area contributed by atoms with E-state index < -0.39 is 47.7 Å². The Morgan fingerprint density at radius 2 is 1.67 bits per heavy atom. The first-order chi connectivity index (χ1) is 15.3. The summed E-state index contributed by atoms with van der Waals surface area (Å²) < 4.78 is 47.0. The van der Waals surface area contributed by atoms with Crippen LogP contribution >= 0.6 is 11.6 Å². The minimum Gasteiger partial charge on any atom is -0.350 e. The second-order valence-electron chi connectivity index (χ2n) is 6.25. The lowest BCUT2D eigenvalue weighted by Crippen LogP contribution is -2.07. The Balaban J connectivity index is 2.08. The molecule has 0 saturated carbocycles. The van der Waals surface area contributed by atoms with Crippen LogP contribution in [0.25, 0.3) is 0 Å². The second kappa shape index (κ2) is 8.85. The largest absolute Gasteiger partial charge is 0.350 e. The molecular weight excluding hydrogens is 489 g/mol. The normalized spacial score (nSPS) is 11.2. The van der Waals surface area contributed by atoms with Crippen molar-refractivity contribution < 1.29 is 27.2 Å². The summed E-state index contributed by atoms with van der Waals surface area (Å²) in [5.41, 5.74) is -2.64. The average Bonchev–Trinajstić information content (AvgIpc) is 2.66. The van der Waals surface area contributed by atoms with E-state index in [1.54, 1.807) is 0 Å². The van der Waals surface area contributed by atoms with Crippen molar-refractivity contribution in [1.82, 2.24) is 15.0 Å². The summed E-state index contributed by atoms with van der Waals surface area (Å²) in [5, 5.41) is 27.0. The van der Waals surface area contributed by atoms with Crippen molar-refractivity contribution >= 4 is 56.1 Å². The molecule has 0 radical (unpaired) electrons. The highest BCUT2D eigenvalue weighted by molar-refractivity contribution is 7.86. The first-order valence-electron chi connectivity index (χ1n) is 8.51. The molecule has 1 heterocycles. The van der Waals surface area contributed by atoms with Gasteiger partial charge in [0.2, 0.25) is 17.0 Å². The van der Waals surface area contributed by atoms with Gasteiger partial charge in [0, 0.05) is 11.8 Å². The Bertz CT molecular complexity index is 1380. The van der Waals surface area contributed by atoms with Gasteiger partial charge in [-0.05, 0) is 36.7 Å². The molecule has 0 aliphatic carbocycles. The number of anilines is 4. The molecule has 14 nitrogen and oxygen atoms in total. The van der Waals surface area contributed by atoms with E-state index in [1.807, 2.05) is 0 Å². The number of nitro groups is 2. The zero-order chi connectivity index (χ0) is 24.5. The van der Waals surface area contributed by atoms with Gasteiger partial charge in [0.25, 0.3) is 15.8 Å². The quantitative estimate of drug-likeness (QED) is 0.242. The molecule has 172 valence electrons. The van der Waals surface area contributed by atoms with Crippen LogP contribution in [0.3, 0.4) is 0 Å². The first kappa shape index (κ1) is 23.6. The van der Waals surface area contributed by atoms with Gasteiger partial charge in [-0.3, -0.25) is 24.8 Å². The minimum absolute atomic E-state index is 0.0156. The summed E-state index contributed by atoms with van der Waals surface area (Å²) in [7, 11) is -4.74. The molecule has 1 aromatic heterocycles. The fourth-order valence-corrected chi connectivity index (χ4v) is 3.48. The highest BCUT2D eigenvalue weighted by Gasteiger charge is 2.25. The second-order valence-corrected chi connectivity index (χ2v) is 7.97. The van der Waals surface area contributed by atoms with Gasteiger partial charge in [0.15, 0.2) is 0 Å². The zero-order valence-electron chi connectivity index (χ0n) is 16.2. The monoisotopic (exact) mass is 499 g/mol. The Morgan fingerprint density at radius 3 is 2.24 bits per heavy atom. The smallest absolute Gasteiger partial charge is 0.311 e. The van der Waals surface area contributed by atoms with Crippen LogP contribution in [0.4, 0.5) is 38.8 Å². The van der Waals surface area contributed by atoms with Crippen LogP contribution in [-0.4, -0.2) is 37.8 Å². The fourth-order valence-electron chi connectivity index (χ4n) is 2.65. The molecule has 0 amide bonds. The van der Waals surface area contributed by atoms with Gasteiger partial charge in [-0.15, -0.1) is 0 Å². The summed E-state index contributed by atoms with van der Waals surface area (Å²) in [5.74, 6) is -1.32. The number of aromatic nitrogens is 3. The first-order valence-corrected chi connectivity index (χ1v) is 10.3. The number of halogens is 2. The lowest BCUT2D eigenvalue weighted by Gasteiger charge is -2.13. The van der Waals surface area contributed by atoms with Gasteiger partial charge in [-0.1, -0.05) is 0 Å². The van der Waals surface area contributed by atoms with Gasteiger partial charge < -0.3 is 10.6 Å². The lowest BCUT2D eigenvalue weighted by molar-refractivity contribution is -0.395. The molecule has 2 aromatic carbocycles. The molecule has 0 saturated heterocycles. The Morgan fingerprint density at radius 1 is 1.00 bits per heavy atom. The van der Waals surface area contributed by atoms with Crippen LogP contribution in [0.2, 0.25) is 5.28 Å². The third kappa shape index (κ3) is 5.43. The summed E-state index contributed by atoms with van der Waals surface area (Å²) in [4.78, 5) is 31.0. The number of nitro benzene ring substituents is 2. The number of benzene rings is 2. The molecule has 0 spiro atoms. The fraction of sp³-hybridized carbons (Fsp3) is 0.0625. The van der Waals surface area contributed by atoms with Crippen molar-refractivity contribution in [1.29, 1.82) is 0 Å². The molecule has 0 aliphatic rings. The van der Waals surface area contributed by atoms with Crippen molar-refractivity contribution in [3.63, 3.8) is 0 Å². The van der Waals surface area contributed by atoms with E-state index in [0.29, 0.717) is 12.1 Å². The van der Waals surface area contributed by atoms with E-state index in [2.05, 4.69) is 25.6 Å². The average molecular weight is 500 g/mol. The van der Waals surface area contributed by atoms with E-state index in [0.717, 1.165) is 18.2 Å². The maximum Gasteiger partial charge on any atom is 0.311 e. The van der Waals surface area contributed by atoms with Gasteiger partial charge in [-0.2, -0.15) is 22.8 Å². The maximum absolute atomic E-state index is 14.0. The summed E-state index contributed by atoms with van der Waals surface area (Å²) in [6.07, 6.45) is 0. The molecule has 3 aromatic rings. The number of hydrogen-bond donors (Lipinski definition) is 3. The van der Waals surface area contributed by atoms with Crippen molar-refractivity contribution in [2.75, 3.05) is 10.6 Å². The van der Waals surface area contributed by atoms with Crippen LogP contribution in [0.15, 0.2) is 35.2 Å². The highest BCUT2D eigenvalue weighted by atomic mass is 35.5. The topological polar surface area (TPSA) is 203 Å². The molecule has 17 heteroatoms. The van der Waals surface area contributed by atoms with Crippen LogP contribution in [-0.2, 0) is 10.1 Å². The molecule has 0 aliphatic heterocycles. The van der Waals surface area contributed by atoms with Crippen LogP contribution in [0, 0.1) is 33.0 Å². The number of hydrogen-bond acceptors (Lipinski definition) is 11. The summed E-state index contributed by atoms with van der Waals surface area (Å²) >= 11 is 5.75. The van der Waals surface area contributed by atoms with Crippen molar-refractivity contribution in [3.05, 3.63) is 67.5 Å². The predicted molar refractivity (Wildman–Crippen MR) is 112 cm³/mol. The number of nitrogens with zero attached hydrogens (tertiary/aromatic N) is 5. The maximum atomic E-state index is 14.0. The van der Waals surface area contributed by atoms with Gasteiger partial charge in [0.1, 0.15) is 16.4 Å². The number of aryl methyl sites for hydroxylation is 1. The van der Waals surface area contributed by atoms with E-state index in [4.69, 9.17) is 11.6 Å². The third-order valence-corrected chi connectivity index (χ3v) is 5.04. The van der Waals surface area contributed by atoms with E-state index in [9.17, 15) is 37.6 Å². The number of rotatable bonds is 7. The molecule has 33 heavy (non-hydrogen) atoms. The predicted octanol–water partition coefficient (Wildman–Crippen LogP) is 3.52. The standard InChI is InChI=1S/C16H11ClFN7O7S/c1-7-19-15(17)23-16(20-7)22-11-4-8(2-3-14(11)33(30,31)32)21-10-5-9(18)12(24(26)27)6-13(10)25(28)29/h2-6,21H,1H3,(H,30,31,32)(H,19,20,22,23). The van der Waals surface area contributed by atoms with E-state index >= 15 is 0 Å². The molecule has 0 bridgehead atoms. The SMILES string of the molecule is Cc1nc(Cl)nc(Nc2cc(Nc3cc(F)c([N+](=O)[O-])cc3[N+](=O)[O-])ccc2S(=O)(=O)O)n1. The lowest BCUT2D eigenvalue weighted by atomic mass is 10.2. The Hall–Kier alpha value is -4.02. The number of nitrogens with one attached hydrogen (secondary N) is 2. The van der Waals surface area contributed by atoms with Crippen LogP contribution in [0.5, 0.6) is 0 Å². The van der Waals surface area contributed by atoms with E-state index in [1.165, 1.54) is 6.92 Å². The zero-order valence-corrected chi connectivity index (χ0v) is 17.8. The van der Waals surface area contributed by atoms with Gasteiger partial charge in [0.05, 0.1) is 21.6 Å². The van der Waals surface area contributed by atoms with E-state index in [-0.39, 0.29) is 28.4 Å². The van der Waals surface area contributed by atoms with Gasteiger partial charge in [-0.25, -0.2) is 4.98 Å². The summed E-state index contributed by atoms with van der Waals surface area (Å²) in [6, 6.07) is 4.15. The van der Waals surface area contributed by atoms with Crippen molar-refractivity contribution in [2.45, 2.75) is 11.8 Å². The van der Waals surface area contributed by atoms with Crippen LogP contribution < -0.4 is 10.6 Å². The molecular formula is C16H11ClFN7O7S. The summed E-state index contributed by atoms with van der Waals surface area (Å²) in [6.45, 7) is 1.49. The Labute approximate surface area is 188 Å². The highest BCUT2D eigenvalue weighted by Crippen LogP contribution is 2.35. The van der Waals surface area contributed by atoms with Crippen molar-refractivity contribution in [3.8, 4) is 0 Å². The Kier molecular flexibility index (Phi) is 6.34. The van der Waals surface area contributed by atoms with Gasteiger partial charge >= 0.3 is 5.69 Å². The molecule has 0 atom stereocenters. The van der Waals surface area contributed by atoms with Crippen LogP contribution in [0.1, 0.15) is 5.82 Å². The molecule has 0 unspecified atom stereocenters. The molecule has 3 rings (SSSR count).